The fraction of sp³-hybridized carbons (Fsp3) is 0.615. The molecule has 19 heavy (non-hydrogen) atoms. The summed E-state index contributed by atoms with van der Waals surface area (Å²) in [5, 5.41) is 11.8. The molecule has 0 amide bonds. The molecule has 2 aromatic rings. The first-order valence-electron chi connectivity index (χ1n) is 6.85. The van der Waals surface area contributed by atoms with Crippen LogP contribution in [0.4, 0.5) is 0 Å². The molecule has 0 aromatic carbocycles. The molecule has 0 atom stereocenters. The summed E-state index contributed by atoms with van der Waals surface area (Å²) in [7, 11) is 0. The first kappa shape index (κ1) is 12.3. The Morgan fingerprint density at radius 2 is 2.26 bits per heavy atom. The van der Waals surface area contributed by atoms with Gasteiger partial charge in [0.05, 0.1) is 36.7 Å². The van der Waals surface area contributed by atoms with Crippen molar-refractivity contribution in [2.75, 3.05) is 0 Å². The number of hydrogen-bond acceptors (Lipinski definition) is 4. The highest BCUT2D eigenvalue weighted by Crippen LogP contribution is 2.19. The normalized spacial score (nSPS) is 15.3. The third-order valence-electron chi connectivity index (χ3n) is 3.36. The molecular formula is C13H20N6. The summed E-state index contributed by atoms with van der Waals surface area (Å²) in [4.78, 5) is 4.20. The van der Waals surface area contributed by atoms with Crippen LogP contribution in [-0.4, -0.2) is 30.6 Å². The lowest BCUT2D eigenvalue weighted by Gasteiger charge is -2.11. The summed E-state index contributed by atoms with van der Waals surface area (Å²) >= 11 is 0. The Labute approximate surface area is 112 Å². The molecule has 0 radical (unpaired) electrons. The lowest BCUT2D eigenvalue weighted by Crippen LogP contribution is -2.15. The Morgan fingerprint density at radius 1 is 1.42 bits per heavy atom. The summed E-state index contributed by atoms with van der Waals surface area (Å²) < 4.78 is 4.03. The molecule has 102 valence electrons. The van der Waals surface area contributed by atoms with Gasteiger partial charge in [0.2, 0.25) is 0 Å². The van der Waals surface area contributed by atoms with Crippen molar-refractivity contribution in [2.45, 2.75) is 51.9 Å². The lowest BCUT2D eigenvalue weighted by atomic mass is 10.3. The molecule has 0 aliphatic heterocycles. The van der Waals surface area contributed by atoms with Crippen LogP contribution in [0.2, 0.25) is 0 Å². The molecule has 0 spiro atoms. The van der Waals surface area contributed by atoms with Gasteiger partial charge in [-0.2, -0.15) is 0 Å². The van der Waals surface area contributed by atoms with Crippen LogP contribution in [0, 0.1) is 0 Å². The van der Waals surface area contributed by atoms with E-state index < -0.39 is 0 Å². The van der Waals surface area contributed by atoms with Crippen molar-refractivity contribution in [3.63, 3.8) is 0 Å². The van der Waals surface area contributed by atoms with Gasteiger partial charge in [-0.15, -0.1) is 5.10 Å². The molecule has 0 bridgehead atoms. The number of hydrogen-bond donors (Lipinski definition) is 1. The van der Waals surface area contributed by atoms with Crippen LogP contribution >= 0.6 is 0 Å². The Balaban J connectivity index is 1.63. The van der Waals surface area contributed by atoms with Crippen LogP contribution in [0.25, 0.3) is 0 Å². The second kappa shape index (κ2) is 5.13. The van der Waals surface area contributed by atoms with Gasteiger partial charge in [0.15, 0.2) is 0 Å². The van der Waals surface area contributed by atoms with Crippen molar-refractivity contribution >= 4 is 0 Å². The fourth-order valence-corrected chi connectivity index (χ4v) is 2.12. The van der Waals surface area contributed by atoms with E-state index >= 15 is 0 Å². The minimum Gasteiger partial charge on any atom is -0.330 e. The maximum Gasteiger partial charge on any atom is 0.0965 e. The van der Waals surface area contributed by atoms with E-state index in [1.54, 1.807) is 0 Å². The number of aromatic nitrogens is 5. The summed E-state index contributed by atoms with van der Waals surface area (Å²) in [6.07, 6.45) is 8.35. The van der Waals surface area contributed by atoms with Gasteiger partial charge >= 0.3 is 0 Å². The quantitative estimate of drug-likeness (QED) is 0.852. The van der Waals surface area contributed by atoms with E-state index in [-0.39, 0.29) is 0 Å². The van der Waals surface area contributed by atoms with Crippen LogP contribution < -0.4 is 5.32 Å². The topological polar surface area (TPSA) is 60.6 Å². The molecule has 1 aliphatic rings. The SMILES string of the molecule is CC(C)n1cncc1Cn1cc(CNC2CC2)nn1. The van der Waals surface area contributed by atoms with Crippen LogP contribution in [0.1, 0.15) is 44.1 Å². The first-order chi connectivity index (χ1) is 9.22. The number of nitrogens with one attached hydrogen (secondary N) is 1. The summed E-state index contributed by atoms with van der Waals surface area (Å²) in [6, 6.07) is 1.12. The van der Waals surface area contributed by atoms with Gasteiger partial charge in [0.25, 0.3) is 0 Å². The van der Waals surface area contributed by atoms with Gasteiger partial charge in [-0.05, 0) is 26.7 Å². The van der Waals surface area contributed by atoms with Crippen molar-refractivity contribution in [1.29, 1.82) is 0 Å². The third-order valence-corrected chi connectivity index (χ3v) is 3.36. The molecule has 6 heteroatoms. The van der Waals surface area contributed by atoms with Gasteiger partial charge in [-0.3, -0.25) is 0 Å². The second-order valence-electron chi connectivity index (χ2n) is 5.45. The largest absolute Gasteiger partial charge is 0.330 e. The van der Waals surface area contributed by atoms with E-state index in [1.807, 2.05) is 23.4 Å². The molecule has 0 unspecified atom stereocenters. The van der Waals surface area contributed by atoms with E-state index in [4.69, 9.17) is 0 Å². The Hall–Kier alpha value is -1.69. The number of rotatable bonds is 6. The molecular weight excluding hydrogens is 240 g/mol. The van der Waals surface area contributed by atoms with Gasteiger partial charge in [0.1, 0.15) is 0 Å². The number of imidazole rings is 1. The van der Waals surface area contributed by atoms with Crippen molar-refractivity contribution < 1.29 is 0 Å². The molecule has 1 fully saturated rings. The highest BCUT2D eigenvalue weighted by molar-refractivity contribution is 5.02. The zero-order chi connectivity index (χ0) is 13.2. The molecule has 6 nitrogen and oxygen atoms in total. The molecule has 1 aliphatic carbocycles. The Bertz CT molecular complexity index is 537. The van der Waals surface area contributed by atoms with Crippen molar-refractivity contribution in [2.24, 2.45) is 0 Å². The van der Waals surface area contributed by atoms with E-state index in [2.05, 4.69) is 39.0 Å². The Morgan fingerprint density at radius 3 is 3.00 bits per heavy atom. The van der Waals surface area contributed by atoms with Gasteiger partial charge < -0.3 is 9.88 Å². The molecule has 0 saturated heterocycles. The van der Waals surface area contributed by atoms with Crippen molar-refractivity contribution in [3.8, 4) is 0 Å². The van der Waals surface area contributed by atoms with Crippen LogP contribution in [0.15, 0.2) is 18.7 Å². The summed E-state index contributed by atoms with van der Waals surface area (Å²) in [6.45, 7) is 5.83. The zero-order valence-electron chi connectivity index (χ0n) is 11.5. The monoisotopic (exact) mass is 260 g/mol. The summed E-state index contributed by atoms with van der Waals surface area (Å²) in [5.41, 5.74) is 2.16. The highest BCUT2D eigenvalue weighted by Gasteiger charge is 2.20. The molecule has 2 heterocycles. The summed E-state index contributed by atoms with van der Waals surface area (Å²) in [5.74, 6) is 0. The van der Waals surface area contributed by atoms with Crippen LogP contribution in [0.3, 0.4) is 0 Å². The average molecular weight is 260 g/mol. The molecule has 2 aromatic heterocycles. The molecule has 1 N–H and O–H groups in total. The third kappa shape index (κ3) is 3.01. The average Bonchev–Trinajstić information content (AvgIpc) is 2.91. The molecule has 3 rings (SSSR count). The maximum absolute atomic E-state index is 4.20. The van der Waals surface area contributed by atoms with Crippen LogP contribution in [0.5, 0.6) is 0 Å². The predicted molar refractivity (Wildman–Crippen MR) is 71.6 cm³/mol. The lowest BCUT2D eigenvalue weighted by molar-refractivity contribution is 0.541. The van der Waals surface area contributed by atoms with Gasteiger partial charge in [-0.1, -0.05) is 5.21 Å². The van der Waals surface area contributed by atoms with Crippen molar-refractivity contribution in [1.82, 2.24) is 29.9 Å². The minimum atomic E-state index is 0.414. The van der Waals surface area contributed by atoms with Gasteiger partial charge in [-0.25, -0.2) is 9.67 Å². The minimum absolute atomic E-state index is 0.414. The van der Waals surface area contributed by atoms with E-state index in [1.165, 1.54) is 12.8 Å². The number of nitrogens with zero attached hydrogens (tertiary/aromatic N) is 5. The van der Waals surface area contributed by atoms with Crippen molar-refractivity contribution in [3.05, 3.63) is 30.1 Å². The first-order valence-corrected chi connectivity index (χ1v) is 6.85. The van der Waals surface area contributed by atoms with Gasteiger partial charge in [0, 0.05) is 18.6 Å². The smallest absolute Gasteiger partial charge is 0.0965 e. The van der Waals surface area contributed by atoms with E-state index in [9.17, 15) is 0 Å². The zero-order valence-corrected chi connectivity index (χ0v) is 11.5. The van der Waals surface area contributed by atoms with E-state index in [0.29, 0.717) is 18.6 Å². The standard InChI is InChI=1S/C13H20N6/c1-10(2)19-9-14-6-13(19)8-18-7-12(16-17-18)5-15-11-3-4-11/h6-7,9-11,15H,3-5,8H2,1-2H3. The van der Waals surface area contributed by atoms with E-state index in [0.717, 1.165) is 17.9 Å². The second-order valence-corrected chi connectivity index (χ2v) is 5.45. The fourth-order valence-electron chi connectivity index (χ4n) is 2.12. The highest BCUT2D eigenvalue weighted by atomic mass is 15.4. The maximum atomic E-state index is 4.20. The Kier molecular flexibility index (Phi) is 3.33. The van der Waals surface area contributed by atoms with Crippen LogP contribution in [-0.2, 0) is 13.1 Å². The molecule has 1 saturated carbocycles. The predicted octanol–water partition coefficient (Wildman–Crippen LogP) is 1.36.